The topological polar surface area (TPSA) is 41.6 Å². The van der Waals surface area contributed by atoms with Crippen LogP contribution in [-0.4, -0.2) is 43.3 Å². The van der Waals surface area contributed by atoms with E-state index in [1.807, 2.05) is 12.1 Å². The zero-order valence-corrected chi connectivity index (χ0v) is 19.3. The molecule has 7 heteroatoms. The second kappa shape index (κ2) is 9.01. The Labute approximate surface area is 193 Å². The third-order valence-electron chi connectivity index (χ3n) is 7.19. The number of rotatable bonds is 5. The predicted molar refractivity (Wildman–Crippen MR) is 122 cm³/mol. The summed E-state index contributed by atoms with van der Waals surface area (Å²) in [5, 5.41) is 3.51. The summed E-state index contributed by atoms with van der Waals surface area (Å²) in [5.41, 5.74) is 3.32. The Morgan fingerprint density at radius 2 is 1.73 bits per heavy atom. The zero-order chi connectivity index (χ0) is 23.8. The van der Waals surface area contributed by atoms with Crippen LogP contribution >= 0.6 is 0 Å². The van der Waals surface area contributed by atoms with Crippen LogP contribution < -0.4 is 5.32 Å². The fourth-order valence-electron chi connectivity index (χ4n) is 5.18. The van der Waals surface area contributed by atoms with E-state index < -0.39 is 24.0 Å². The summed E-state index contributed by atoms with van der Waals surface area (Å²) in [4.78, 5) is 13.7. The number of halogens is 3. The van der Waals surface area contributed by atoms with Gasteiger partial charge < -0.3 is 15.0 Å². The molecular weight excluding hydrogens is 429 g/mol. The van der Waals surface area contributed by atoms with Crippen molar-refractivity contribution in [1.82, 2.24) is 4.90 Å². The number of nitrogens with zero attached hydrogens (tertiary/aromatic N) is 1. The highest BCUT2D eigenvalue weighted by molar-refractivity contribution is 5.79. The molecule has 4 nitrogen and oxygen atoms in total. The zero-order valence-electron chi connectivity index (χ0n) is 19.3. The van der Waals surface area contributed by atoms with E-state index in [-0.39, 0.29) is 17.0 Å². The van der Waals surface area contributed by atoms with Crippen molar-refractivity contribution >= 4 is 11.6 Å². The second-order valence-electron chi connectivity index (χ2n) is 9.68. The first-order chi connectivity index (χ1) is 15.6. The first-order valence-electron chi connectivity index (χ1n) is 11.4. The van der Waals surface area contributed by atoms with Gasteiger partial charge in [-0.1, -0.05) is 50.2 Å². The van der Waals surface area contributed by atoms with E-state index in [9.17, 15) is 18.0 Å². The fraction of sp³-hybridized carbons (Fsp3) is 0.500. The maximum absolute atomic E-state index is 14.0. The van der Waals surface area contributed by atoms with E-state index in [0.29, 0.717) is 26.1 Å². The highest BCUT2D eigenvalue weighted by atomic mass is 19.4. The molecule has 0 spiro atoms. The van der Waals surface area contributed by atoms with Gasteiger partial charge in [-0.2, -0.15) is 13.2 Å². The summed E-state index contributed by atoms with van der Waals surface area (Å²) in [5.74, 6) is -0.908. The Hall–Kier alpha value is -2.54. The van der Waals surface area contributed by atoms with Gasteiger partial charge in [-0.25, -0.2) is 0 Å². The van der Waals surface area contributed by atoms with Gasteiger partial charge in [0.2, 0.25) is 5.91 Å². The van der Waals surface area contributed by atoms with Crippen molar-refractivity contribution in [2.45, 2.75) is 56.8 Å². The Bertz CT molecular complexity index is 982. The van der Waals surface area contributed by atoms with Gasteiger partial charge in [-0.05, 0) is 48.1 Å². The number of carbonyl (C=O) groups excluding carboxylic acids is 1. The Balaban J connectivity index is 1.51. The number of alkyl halides is 3. The number of carbonyl (C=O) groups is 1. The van der Waals surface area contributed by atoms with Crippen molar-refractivity contribution in [3.05, 3.63) is 65.2 Å². The predicted octanol–water partition coefficient (Wildman–Crippen LogP) is 5.49. The van der Waals surface area contributed by atoms with Crippen LogP contribution in [0, 0.1) is 5.92 Å². The molecule has 1 amide bonds. The summed E-state index contributed by atoms with van der Waals surface area (Å²) in [6, 6.07) is 12.8. The van der Waals surface area contributed by atoms with Gasteiger partial charge in [0.15, 0.2) is 6.04 Å². The van der Waals surface area contributed by atoms with E-state index in [4.69, 9.17) is 4.74 Å². The fourth-order valence-corrected chi connectivity index (χ4v) is 5.18. The highest BCUT2D eigenvalue weighted by Crippen LogP contribution is 2.41. The second-order valence-corrected chi connectivity index (χ2v) is 9.68. The molecule has 0 radical (unpaired) electrons. The molecule has 2 atom stereocenters. The lowest BCUT2D eigenvalue weighted by Crippen LogP contribution is -2.43. The number of benzene rings is 2. The molecule has 2 aromatic rings. The molecule has 0 aromatic heterocycles. The Kier molecular flexibility index (Phi) is 6.45. The lowest BCUT2D eigenvalue weighted by atomic mass is 9.83. The van der Waals surface area contributed by atoms with Crippen LogP contribution in [0.25, 0.3) is 0 Å². The van der Waals surface area contributed by atoms with Crippen molar-refractivity contribution < 1.29 is 22.7 Å². The van der Waals surface area contributed by atoms with Gasteiger partial charge in [0.25, 0.3) is 0 Å². The molecule has 178 valence electrons. The first kappa shape index (κ1) is 23.6. The molecule has 1 aliphatic carbocycles. The number of hydrogen-bond acceptors (Lipinski definition) is 3. The molecule has 4 rings (SSSR count). The lowest BCUT2D eigenvalue weighted by molar-refractivity contribution is -0.191. The van der Waals surface area contributed by atoms with Crippen LogP contribution in [0.4, 0.5) is 18.9 Å². The molecule has 1 aliphatic heterocycles. The average molecular weight is 461 g/mol. The molecule has 1 heterocycles. The average Bonchev–Trinajstić information content (AvgIpc) is 3.04. The molecule has 2 aliphatic rings. The van der Waals surface area contributed by atoms with Crippen molar-refractivity contribution in [3.63, 3.8) is 0 Å². The molecule has 1 fully saturated rings. The van der Waals surface area contributed by atoms with Gasteiger partial charge >= 0.3 is 6.18 Å². The normalized spacial score (nSPS) is 21.3. The van der Waals surface area contributed by atoms with Crippen LogP contribution in [0.3, 0.4) is 0 Å². The third-order valence-corrected chi connectivity index (χ3v) is 7.19. The molecule has 33 heavy (non-hydrogen) atoms. The van der Waals surface area contributed by atoms with Crippen LogP contribution in [0.2, 0.25) is 0 Å². The molecule has 1 unspecified atom stereocenters. The van der Waals surface area contributed by atoms with Gasteiger partial charge in [0.05, 0.1) is 0 Å². The van der Waals surface area contributed by atoms with E-state index in [0.717, 1.165) is 17.0 Å². The summed E-state index contributed by atoms with van der Waals surface area (Å²) in [6.45, 7) is 5.17. The van der Waals surface area contributed by atoms with E-state index in [1.54, 1.807) is 12.1 Å². The number of amides is 1. The van der Waals surface area contributed by atoms with Crippen molar-refractivity contribution in [1.29, 1.82) is 0 Å². The minimum atomic E-state index is -4.57. The maximum Gasteiger partial charge on any atom is 0.413 e. The first-order valence-corrected chi connectivity index (χ1v) is 11.4. The summed E-state index contributed by atoms with van der Waals surface area (Å²) >= 11 is 0. The monoisotopic (exact) mass is 460 g/mol. The number of hydrogen-bond donors (Lipinski definition) is 1. The Morgan fingerprint density at radius 3 is 2.33 bits per heavy atom. The smallest absolute Gasteiger partial charge is 0.381 e. The van der Waals surface area contributed by atoms with Gasteiger partial charge in [0, 0.05) is 43.3 Å². The van der Waals surface area contributed by atoms with Gasteiger partial charge in [0.1, 0.15) is 0 Å². The summed E-state index contributed by atoms with van der Waals surface area (Å²) in [7, 11) is 1.25. The van der Waals surface area contributed by atoms with Crippen molar-refractivity contribution in [2.75, 3.05) is 25.6 Å². The quantitative estimate of drug-likeness (QED) is 0.642. The molecule has 0 saturated carbocycles. The van der Waals surface area contributed by atoms with Crippen molar-refractivity contribution in [3.8, 4) is 0 Å². The van der Waals surface area contributed by atoms with E-state index in [2.05, 4.69) is 31.3 Å². The molecule has 2 aromatic carbocycles. The van der Waals surface area contributed by atoms with Crippen LogP contribution in [-0.2, 0) is 21.4 Å². The molecule has 0 bridgehead atoms. The molecular formula is C26H31F3N2O2. The van der Waals surface area contributed by atoms with Gasteiger partial charge in [-0.15, -0.1) is 0 Å². The van der Waals surface area contributed by atoms with Crippen LogP contribution in [0.1, 0.15) is 49.4 Å². The largest absolute Gasteiger partial charge is 0.413 e. The number of nitrogens with one attached hydrogen (secondary N) is 1. The Morgan fingerprint density at radius 1 is 1.09 bits per heavy atom. The van der Waals surface area contributed by atoms with Crippen LogP contribution in [0.5, 0.6) is 0 Å². The third kappa shape index (κ3) is 4.74. The van der Waals surface area contributed by atoms with Gasteiger partial charge in [-0.3, -0.25) is 4.79 Å². The molecule has 1 N–H and O–H groups in total. The highest BCUT2D eigenvalue weighted by Gasteiger charge is 2.46. The van der Waals surface area contributed by atoms with E-state index in [1.165, 1.54) is 30.3 Å². The molecule has 1 saturated heterocycles. The van der Waals surface area contributed by atoms with Crippen molar-refractivity contribution in [2.24, 2.45) is 5.92 Å². The minimum Gasteiger partial charge on any atom is -0.381 e. The number of ether oxygens (including phenoxy) is 1. The van der Waals surface area contributed by atoms with Crippen LogP contribution in [0.15, 0.2) is 48.5 Å². The maximum atomic E-state index is 14.0. The SMILES string of the molecule is CN(C(=O)C1CCOCC1)[C@@H](c1ccc(NC2Cc3ccccc3C2(C)C)cc1)C(F)(F)F. The summed E-state index contributed by atoms with van der Waals surface area (Å²) in [6.07, 6.45) is -2.80. The number of anilines is 1. The number of fused-ring (bicyclic) bond motifs is 1. The lowest BCUT2D eigenvalue weighted by Gasteiger charge is -2.34. The minimum absolute atomic E-state index is 0.0601. The summed E-state index contributed by atoms with van der Waals surface area (Å²) < 4.78 is 47.3. The standard InChI is InChI=1S/C26H31F3N2O2/c1-25(2)21-7-5-4-6-19(21)16-22(25)30-20-10-8-17(9-11-20)23(26(27,28)29)31(3)24(32)18-12-14-33-15-13-18/h4-11,18,22-23,30H,12-16H2,1-3H3/t22?,23-/m0/s1. The van der Waals surface area contributed by atoms with E-state index >= 15 is 0 Å².